The van der Waals surface area contributed by atoms with E-state index in [2.05, 4.69) is 0 Å². The summed E-state index contributed by atoms with van der Waals surface area (Å²) < 4.78 is 0. The van der Waals surface area contributed by atoms with Crippen molar-refractivity contribution in [3.05, 3.63) is 0 Å². The molecule has 1 saturated heterocycles. The molecule has 0 amide bonds. The van der Waals surface area contributed by atoms with Crippen molar-refractivity contribution in [1.29, 1.82) is 0 Å². The van der Waals surface area contributed by atoms with E-state index in [1.165, 1.54) is 0 Å². The molecule has 1 rings (SSSR count). The van der Waals surface area contributed by atoms with E-state index in [9.17, 15) is 0 Å². The summed E-state index contributed by atoms with van der Waals surface area (Å²) in [6.45, 7) is 3.69. The SMILES string of the molecule is CC(O)N1CCC(N)CC1. The summed E-state index contributed by atoms with van der Waals surface area (Å²) in [5.74, 6) is 0. The molecule has 1 unspecified atom stereocenters. The van der Waals surface area contributed by atoms with Crippen LogP contribution in [-0.4, -0.2) is 35.4 Å². The van der Waals surface area contributed by atoms with Gasteiger partial charge in [-0.25, -0.2) is 0 Å². The lowest BCUT2D eigenvalue weighted by atomic mass is 10.1. The van der Waals surface area contributed by atoms with E-state index in [1.54, 1.807) is 6.92 Å². The number of piperidine rings is 1. The van der Waals surface area contributed by atoms with Gasteiger partial charge < -0.3 is 10.8 Å². The van der Waals surface area contributed by atoms with Crippen LogP contribution in [0.1, 0.15) is 19.8 Å². The van der Waals surface area contributed by atoms with E-state index < -0.39 is 0 Å². The monoisotopic (exact) mass is 144 g/mol. The Labute approximate surface area is 61.8 Å². The third-order valence-corrected chi connectivity index (χ3v) is 2.10. The van der Waals surface area contributed by atoms with Gasteiger partial charge in [-0.15, -0.1) is 0 Å². The van der Waals surface area contributed by atoms with Gasteiger partial charge in [0.1, 0.15) is 6.23 Å². The third-order valence-electron chi connectivity index (χ3n) is 2.10. The molecule has 10 heavy (non-hydrogen) atoms. The lowest BCUT2D eigenvalue weighted by Crippen LogP contribution is -2.43. The maximum atomic E-state index is 9.15. The predicted molar refractivity (Wildman–Crippen MR) is 40.5 cm³/mol. The average molecular weight is 144 g/mol. The summed E-state index contributed by atoms with van der Waals surface area (Å²) in [6, 6.07) is 0.356. The highest BCUT2D eigenvalue weighted by molar-refractivity contribution is 4.73. The molecule has 1 heterocycles. The van der Waals surface area contributed by atoms with Gasteiger partial charge in [-0.1, -0.05) is 0 Å². The largest absolute Gasteiger partial charge is 0.379 e. The molecule has 0 saturated carbocycles. The second-order valence-electron chi connectivity index (χ2n) is 3.01. The summed E-state index contributed by atoms with van der Waals surface area (Å²) in [6.07, 6.45) is 1.74. The lowest BCUT2D eigenvalue weighted by molar-refractivity contribution is 0.00361. The lowest BCUT2D eigenvalue weighted by Gasteiger charge is -2.31. The van der Waals surface area contributed by atoms with Crippen molar-refractivity contribution >= 4 is 0 Å². The standard InChI is InChI=1S/C7H16N2O/c1-6(10)9-4-2-7(8)3-5-9/h6-7,10H,2-5,8H2,1H3. The summed E-state index contributed by atoms with van der Waals surface area (Å²) in [5, 5.41) is 9.15. The molecule has 1 aliphatic heterocycles. The smallest absolute Gasteiger partial charge is 0.104 e. The zero-order valence-corrected chi connectivity index (χ0v) is 6.45. The molecule has 3 N–H and O–H groups in total. The average Bonchev–Trinajstić information content (AvgIpc) is 1.88. The Morgan fingerprint density at radius 3 is 2.40 bits per heavy atom. The molecule has 0 spiro atoms. The van der Waals surface area contributed by atoms with Gasteiger partial charge in [0.05, 0.1) is 0 Å². The van der Waals surface area contributed by atoms with Gasteiger partial charge in [0.25, 0.3) is 0 Å². The molecule has 0 aromatic carbocycles. The molecule has 1 atom stereocenters. The summed E-state index contributed by atoms with van der Waals surface area (Å²) in [4.78, 5) is 2.04. The molecule has 0 aromatic rings. The van der Waals surface area contributed by atoms with Gasteiger partial charge in [-0.2, -0.15) is 0 Å². The molecule has 1 fully saturated rings. The first-order chi connectivity index (χ1) is 4.70. The van der Waals surface area contributed by atoms with Crippen molar-refractivity contribution in [2.45, 2.75) is 32.0 Å². The first-order valence-corrected chi connectivity index (χ1v) is 3.88. The van der Waals surface area contributed by atoms with Crippen LogP contribution >= 0.6 is 0 Å². The van der Waals surface area contributed by atoms with Crippen LogP contribution in [0.3, 0.4) is 0 Å². The molecule has 3 nitrogen and oxygen atoms in total. The quantitative estimate of drug-likeness (QED) is 0.533. The summed E-state index contributed by atoms with van der Waals surface area (Å²) >= 11 is 0. The fourth-order valence-corrected chi connectivity index (χ4v) is 1.29. The maximum absolute atomic E-state index is 9.15. The topological polar surface area (TPSA) is 49.5 Å². The second kappa shape index (κ2) is 3.32. The van der Waals surface area contributed by atoms with Gasteiger partial charge >= 0.3 is 0 Å². The molecule has 60 valence electrons. The molecule has 3 heteroatoms. The Balaban J connectivity index is 2.26. The number of hydrogen-bond acceptors (Lipinski definition) is 3. The fourth-order valence-electron chi connectivity index (χ4n) is 1.29. The van der Waals surface area contributed by atoms with E-state index >= 15 is 0 Å². The van der Waals surface area contributed by atoms with Crippen LogP contribution in [0.25, 0.3) is 0 Å². The van der Waals surface area contributed by atoms with Crippen LogP contribution in [0.4, 0.5) is 0 Å². The minimum atomic E-state index is -0.299. The molecule has 0 radical (unpaired) electrons. The van der Waals surface area contributed by atoms with Gasteiger partial charge in [0, 0.05) is 19.1 Å². The molecular formula is C7H16N2O. The van der Waals surface area contributed by atoms with Crippen molar-refractivity contribution in [3.8, 4) is 0 Å². The number of hydrogen-bond donors (Lipinski definition) is 2. The van der Waals surface area contributed by atoms with E-state index in [4.69, 9.17) is 10.8 Å². The number of aliphatic hydroxyl groups is 1. The number of likely N-dealkylation sites (tertiary alicyclic amines) is 1. The molecular weight excluding hydrogens is 128 g/mol. The first kappa shape index (κ1) is 7.98. The number of nitrogens with zero attached hydrogens (tertiary/aromatic N) is 1. The molecule has 1 aliphatic rings. The molecule has 0 aliphatic carbocycles. The third kappa shape index (κ3) is 1.94. The highest BCUT2D eigenvalue weighted by Gasteiger charge is 2.18. The zero-order valence-electron chi connectivity index (χ0n) is 6.45. The van der Waals surface area contributed by atoms with Crippen LogP contribution in [0.2, 0.25) is 0 Å². The summed E-state index contributed by atoms with van der Waals surface area (Å²) in [5.41, 5.74) is 5.69. The number of rotatable bonds is 1. The predicted octanol–water partition coefficient (Wildman–Crippen LogP) is -0.252. The van der Waals surface area contributed by atoms with E-state index in [0.29, 0.717) is 6.04 Å². The Hall–Kier alpha value is -0.120. The van der Waals surface area contributed by atoms with Crippen molar-refractivity contribution in [3.63, 3.8) is 0 Å². The van der Waals surface area contributed by atoms with Crippen LogP contribution in [0.15, 0.2) is 0 Å². The van der Waals surface area contributed by atoms with Gasteiger partial charge in [0.2, 0.25) is 0 Å². The second-order valence-corrected chi connectivity index (χ2v) is 3.01. The van der Waals surface area contributed by atoms with E-state index in [-0.39, 0.29) is 6.23 Å². The van der Waals surface area contributed by atoms with Crippen LogP contribution in [-0.2, 0) is 0 Å². The Kier molecular flexibility index (Phi) is 2.65. The van der Waals surface area contributed by atoms with Crippen molar-refractivity contribution in [2.24, 2.45) is 5.73 Å². The van der Waals surface area contributed by atoms with Crippen molar-refractivity contribution < 1.29 is 5.11 Å². The fraction of sp³-hybridized carbons (Fsp3) is 1.00. The highest BCUT2D eigenvalue weighted by atomic mass is 16.3. The normalized spacial score (nSPS) is 26.7. The van der Waals surface area contributed by atoms with E-state index in [1.807, 2.05) is 4.90 Å². The minimum absolute atomic E-state index is 0.299. The van der Waals surface area contributed by atoms with Crippen LogP contribution < -0.4 is 5.73 Å². The highest BCUT2D eigenvalue weighted by Crippen LogP contribution is 2.09. The zero-order chi connectivity index (χ0) is 7.56. The van der Waals surface area contributed by atoms with Crippen molar-refractivity contribution in [1.82, 2.24) is 4.90 Å². The van der Waals surface area contributed by atoms with Crippen molar-refractivity contribution in [2.75, 3.05) is 13.1 Å². The minimum Gasteiger partial charge on any atom is -0.379 e. The van der Waals surface area contributed by atoms with Crippen LogP contribution in [0, 0.1) is 0 Å². The molecule has 0 aromatic heterocycles. The Morgan fingerprint density at radius 1 is 1.50 bits per heavy atom. The van der Waals surface area contributed by atoms with Gasteiger partial charge in [-0.05, 0) is 19.8 Å². The first-order valence-electron chi connectivity index (χ1n) is 3.88. The number of nitrogens with two attached hydrogens (primary N) is 1. The molecule has 0 bridgehead atoms. The Morgan fingerprint density at radius 2 is 2.00 bits per heavy atom. The van der Waals surface area contributed by atoms with Gasteiger partial charge in [0.15, 0.2) is 0 Å². The van der Waals surface area contributed by atoms with Crippen LogP contribution in [0.5, 0.6) is 0 Å². The summed E-state index contributed by atoms with van der Waals surface area (Å²) in [7, 11) is 0. The number of aliphatic hydroxyl groups excluding tert-OH is 1. The van der Waals surface area contributed by atoms with Gasteiger partial charge in [-0.3, -0.25) is 4.90 Å². The Bertz CT molecular complexity index is 97.8. The maximum Gasteiger partial charge on any atom is 0.104 e. The van der Waals surface area contributed by atoms with E-state index in [0.717, 1.165) is 25.9 Å².